The minimum atomic E-state index is -0.414. The van der Waals surface area contributed by atoms with Gasteiger partial charge >= 0.3 is 5.97 Å². The first-order chi connectivity index (χ1) is 8.72. The van der Waals surface area contributed by atoms with E-state index in [0.29, 0.717) is 12.6 Å². The van der Waals surface area contributed by atoms with Crippen LogP contribution in [0.2, 0.25) is 0 Å². The molecule has 1 aromatic rings. The lowest BCUT2D eigenvalue weighted by Crippen LogP contribution is -2.38. The summed E-state index contributed by atoms with van der Waals surface area (Å²) >= 11 is 0. The predicted molar refractivity (Wildman–Crippen MR) is 68.6 cm³/mol. The van der Waals surface area contributed by atoms with Crippen molar-refractivity contribution in [2.75, 3.05) is 18.1 Å². The van der Waals surface area contributed by atoms with E-state index in [9.17, 15) is 4.79 Å². The summed E-state index contributed by atoms with van der Waals surface area (Å²) in [6.07, 6.45) is 3.64. The molecule has 0 N–H and O–H groups in total. The number of aromatic nitrogens is 2. The second-order valence-corrected chi connectivity index (χ2v) is 4.54. The van der Waals surface area contributed by atoms with E-state index in [4.69, 9.17) is 4.74 Å². The monoisotopic (exact) mass is 249 g/mol. The van der Waals surface area contributed by atoms with Gasteiger partial charge in [-0.3, -0.25) is 0 Å². The van der Waals surface area contributed by atoms with Crippen molar-refractivity contribution in [3.63, 3.8) is 0 Å². The molecule has 1 aromatic heterocycles. The Labute approximate surface area is 107 Å². The van der Waals surface area contributed by atoms with Gasteiger partial charge in [-0.15, -0.1) is 10.2 Å². The SMILES string of the molecule is CCOC(=O)c1ccc(N2CCCC[C@@H]2C)nn1. The van der Waals surface area contributed by atoms with Crippen molar-refractivity contribution in [3.8, 4) is 0 Å². The topological polar surface area (TPSA) is 55.3 Å². The number of hydrogen-bond acceptors (Lipinski definition) is 5. The van der Waals surface area contributed by atoms with Crippen molar-refractivity contribution >= 4 is 11.8 Å². The quantitative estimate of drug-likeness (QED) is 0.767. The molecule has 0 aromatic carbocycles. The average Bonchev–Trinajstić information content (AvgIpc) is 2.40. The van der Waals surface area contributed by atoms with Crippen LogP contribution in [-0.2, 0) is 4.74 Å². The molecule has 5 nitrogen and oxygen atoms in total. The standard InChI is InChI=1S/C13H19N3O2/c1-3-18-13(17)11-7-8-12(15-14-11)16-9-5-4-6-10(16)2/h7-8,10H,3-6,9H2,1-2H3/t10-/m0/s1. The predicted octanol–water partition coefficient (Wildman–Crippen LogP) is 2.03. The van der Waals surface area contributed by atoms with Crippen molar-refractivity contribution in [2.24, 2.45) is 0 Å². The van der Waals surface area contributed by atoms with Crippen LogP contribution in [0.15, 0.2) is 12.1 Å². The molecular weight excluding hydrogens is 230 g/mol. The lowest BCUT2D eigenvalue weighted by Gasteiger charge is -2.33. The normalized spacial score (nSPS) is 19.7. The van der Waals surface area contributed by atoms with E-state index in [1.807, 2.05) is 6.07 Å². The van der Waals surface area contributed by atoms with Crippen LogP contribution in [0, 0.1) is 0 Å². The third-order valence-corrected chi connectivity index (χ3v) is 3.23. The summed E-state index contributed by atoms with van der Waals surface area (Å²) in [6, 6.07) is 4.02. The number of anilines is 1. The fraction of sp³-hybridized carbons (Fsp3) is 0.615. The van der Waals surface area contributed by atoms with E-state index in [1.54, 1.807) is 13.0 Å². The van der Waals surface area contributed by atoms with Crippen molar-refractivity contribution in [1.29, 1.82) is 0 Å². The Balaban J connectivity index is 2.09. The number of carbonyl (C=O) groups is 1. The van der Waals surface area contributed by atoms with Crippen LogP contribution >= 0.6 is 0 Å². The van der Waals surface area contributed by atoms with Gasteiger partial charge < -0.3 is 9.64 Å². The summed E-state index contributed by atoms with van der Waals surface area (Å²) in [4.78, 5) is 13.7. The van der Waals surface area contributed by atoms with E-state index in [0.717, 1.165) is 12.4 Å². The molecule has 1 aliphatic rings. The van der Waals surface area contributed by atoms with Gasteiger partial charge in [-0.2, -0.15) is 0 Å². The van der Waals surface area contributed by atoms with Crippen LogP contribution in [0.25, 0.3) is 0 Å². The number of rotatable bonds is 3. The third kappa shape index (κ3) is 2.78. The van der Waals surface area contributed by atoms with Crippen LogP contribution in [0.4, 0.5) is 5.82 Å². The molecule has 5 heteroatoms. The zero-order valence-corrected chi connectivity index (χ0v) is 10.9. The van der Waals surface area contributed by atoms with Crippen LogP contribution in [0.1, 0.15) is 43.6 Å². The van der Waals surface area contributed by atoms with E-state index < -0.39 is 5.97 Å². The molecule has 1 aliphatic heterocycles. The van der Waals surface area contributed by atoms with Gasteiger partial charge in [0.2, 0.25) is 0 Å². The van der Waals surface area contributed by atoms with Gasteiger partial charge in [-0.25, -0.2) is 4.79 Å². The number of esters is 1. The summed E-state index contributed by atoms with van der Waals surface area (Å²) in [5.41, 5.74) is 0.269. The van der Waals surface area contributed by atoms with Gasteiger partial charge in [0.15, 0.2) is 11.5 Å². The first-order valence-electron chi connectivity index (χ1n) is 6.50. The summed E-state index contributed by atoms with van der Waals surface area (Å²) < 4.78 is 4.88. The molecule has 0 spiro atoms. The molecule has 0 unspecified atom stereocenters. The highest BCUT2D eigenvalue weighted by atomic mass is 16.5. The Hall–Kier alpha value is -1.65. The number of ether oxygens (including phenoxy) is 1. The first-order valence-corrected chi connectivity index (χ1v) is 6.50. The van der Waals surface area contributed by atoms with Gasteiger partial charge in [0.25, 0.3) is 0 Å². The molecule has 0 aliphatic carbocycles. The summed E-state index contributed by atoms with van der Waals surface area (Å²) in [5, 5.41) is 8.07. The van der Waals surface area contributed by atoms with Crippen LogP contribution in [-0.4, -0.2) is 35.4 Å². The van der Waals surface area contributed by atoms with Crippen LogP contribution in [0.5, 0.6) is 0 Å². The summed E-state index contributed by atoms with van der Waals surface area (Å²) in [5.74, 6) is 0.429. The Kier molecular flexibility index (Phi) is 4.12. The molecule has 2 heterocycles. The van der Waals surface area contributed by atoms with Gasteiger partial charge in [0.1, 0.15) is 0 Å². The second-order valence-electron chi connectivity index (χ2n) is 4.54. The minimum Gasteiger partial charge on any atom is -0.461 e. The van der Waals surface area contributed by atoms with E-state index in [-0.39, 0.29) is 5.69 Å². The molecule has 1 saturated heterocycles. The highest BCUT2D eigenvalue weighted by Crippen LogP contribution is 2.22. The van der Waals surface area contributed by atoms with Crippen LogP contribution < -0.4 is 4.90 Å². The lowest BCUT2D eigenvalue weighted by atomic mass is 10.0. The Morgan fingerprint density at radius 1 is 1.44 bits per heavy atom. The third-order valence-electron chi connectivity index (χ3n) is 3.23. The highest BCUT2D eigenvalue weighted by molar-refractivity contribution is 5.87. The molecule has 1 fully saturated rings. The second kappa shape index (κ2) is 5.80. The van der Waals surface area contributed by atoms with E-state index in [2.05, 4.69) is 22.0 Å². The summed E-state index contributed by atoms with van der Waals surface area (Å²) in [6.45, 7) is 5.33. The van der Waals surface area contributed by atoms with E-state index >= 15 is 0 Å². The fourth-order valence-electron chi connectivity index (χ4n) is 2.23. The number of carbonyl (C=O) groups excluding carboxylic acids is 1. The minimum absolute atomic E-state index is 0.269. The van der Waals surface area contributed by atoms with Gasteiger partial charge in [-0.1, -0.05) is 0 Å². The highest BCUT2D eigenvalue weighted by Gasteiger charge is 2.20. The Morgan fingerprint density at radius 2 is 2.28 bits per heavy atom. The van der Waals surface area contributed by atoms with Gasteiger partial charge in [-0.05, 0) is 45.2 Å². The molecule has 98 valence electrons. The molecule has 1 atom stereocenters. The average molecular weight is 249 g/mol. The molecular formula is C13H19N3O2. The van der Waals surface area contributed by atoms with Crippen LogP contribution in [0.3, 0.4) is 0 Å². The fourth-order valence-corrected chi connectivity index (χ4v) is 2.23. The number of piperidine rings is 1. The van der Waals surface area contributed by atoms with Gasteiger partial charge in [0, 0.05) is 12.6 Å². The van der Waals surface area contributed by atoms with E-state index in [1.165, 1.54) is 19.3 Å². The van der Waals surface area contributed by atoms with Crippen molar-refractivity contribution in [3.05, 3.63) is 17.8 Å². The molecule has 0 bridgehead atoms. The summed E-state index contributed by atoms with van der Waals surface area (Å²) in [7, 11) is 0. The number of hydrogen-bond donors (Lipinski definition) is 0. The lowest BCUT2D eigenvalue weighted by molar-refractivity contribution is 0.0518. The molecule has 18 heavy (non-hydrogen) atoms. The maximum Gasteiger partial charge on any atom is 0.358 e. The Bertz CT molecular complexity index is 405. The first kappa shape index (κ1) is 12.8. The zero-order chi connectivity index (χ0) is 13.0. The Morgan fingerprint density at radius 3 is 2.89 bits per heavy atom. The molecule has 2 rings (SSSR count). The zero-order valence-electron chi connectivity index (χ0n) is 10.9. The number of nitrogens with zero attached hydrogens (tertiary/aromatic N) is 3. The maximum absolute atomic E-state index is 11.5. The molecule has 0 amide bonds. The maximum atomic E-state index is 11.5. The molecule has 0 saturated carbocycles. The molecule has 0 radical (unpaired) electrons. The smallest absolute Gasteiger partial charge is 0.358 e. The van der Waals surface area contributed by atoms with Crippen molar-refractivity contribution in [2.45, 2.75) is 39.2 Å². The van der Waals surface area contributed by atoms with Crippen molar-refractivity contribution < 1.29 is 9.53 Å². The largest absolute Gasteiger partial charge is 0.461 e. The van der Waals surface area contributed by atoms with Crippen molar-refractivity contribution in [1.82, 2.24) is 10.2 Å². The van der Waals surface area contributed by atoms with Gasteiger partial charge in [0.05, 0.1) is 6.61 Å².